The van der Waals surface area contributed by atoms with Crippen molar-refractivity contribution in [3.05, 3.63) is 40.9 Å². The normalized spacial score (nSPS) is 13.0. The molecule has 2 heterocycles. The first-order valence-electron chi connectivity index (χ1n) is 9.24. The van der Waals surface area contributed by atoms with Crippen molar-refractivity contribution >= 4 is 23.4 Å². The van der Waals surface area contributed by atoms with E-state index in [1.165, 1.54) is 16.4 Å². The Hall–Kier alpha value is -2.78. The van der Waals surface area contributed by atoms with Crippen molar-refractivity contribution in [3.63, 3.8) is 0 Å². The Morgan fingerprint density at radius 3 is 2.70 bits per heavy atom. The molecular formula is C20H21ClN4O4S. The van der Waals surface area contributed by atoms with Gasteiger partial charge in [-0.3, -0.25) is 0 Å². The van der Waals surface area contributed by atoms with Crippen LogP contribution in [0.15, 0.2) is 35.5 Å². The van der Waals surface area contributed by atoms with Crippen LogP contribution in [0, 0.1) is 0 Å². The topological polar surface area (TPSA) is 93.7 Å². The molecule has 158 valence electrons. The van der Waals surface area contributed by atoms with Crippen LogP contribution in [0.4, 0.5) is 0 Å². The molecule has 1 aromatic heterocycles. The molecule has 0 unspecified atom stereocenters. The van der Waals surface area contributed by atoms with E-state index in [0.717, 1.165) is 17.5 Å². The largest absolute Gasteiger partial charge is 0.493 e. The minimum atomic E-state index is 0.523. The number of nitrogens with two attached hydrogens (primary N) is 1. The number of benzene rings is 2. The first kappa shape index (κ1) is 20.5. The highest BCUT2D eigenvalue weighted by atomic mass is 35.5. The zero-order valence-electron chi connectivity index (χ0n) is 16.6. The van der Waals surface area contributed by atoms with Gasteiger partial charge in [0.1, 0.15) is 0 Å². The molecule has 3 aromatic rings. The summed E-state index contributed by atoms with van der Waals surface area (Å²) in [6, 6.07) is 9.27. The molecule has 0 bridgehead atoms. The molecule has 2 aromatic carbocycles. The second-order valence-corrected chi connectivity index (χ2v) is 7.84. The number of nitrogens with zero attached hydrogens (tertiary/aromatic N) is 3. The second kappa shape index (κ2) is 8.93. The molecule has 0 radical (unpaired) electrons. The van der Waals surface area contributed by atoms with E-state index in [-0.39, 0.29) is 0 Å². The number of nitrogen functional groups attached to an aromatic ring is 1. The SMILES string of the molecule is COc1ccc(-c2nnc(SCc3cc(Cl)c4c(c3)OCCCO4)n2N)cc1OC. The van der Waals surface area contributed by atoms with E-state index in [0.29, 0.717) is 58.0 Å². The van der Waals surface area contributed by atoms with E-state index in [1.54, 1.807) is 20.3 Å². The molecule has 0 saturated carbocycles. The average Bonchev–Trinajstić information content (AvgIpc) is 2.96. The molecule has 2 N–H and O–H groups in total. The van der Waals surface area contributed by atoms with Gasteiger partial charge in [-0.25, -0.2) is 4.68 Å². The Kier molecular flexibility index (Phi) is 6.10. The summed E-state index contributed by atoms with van der Waals surface area (Å²) >= 11 is 7.83. The van der Waals surface area contributed by atoms with Gasteiger partial charge in [0.05, 0.1) is 32.5 Å². The fraction of sp³-hybridized carbons (Fsp3) is 0.300. The van der Waals surface area contributed by atoms with Crippen molar-refractivity contribution in [2.24, 2.45) is 0 Å². The maximum atomic E-state index is 6.38. The van der Waals surface area contributed by atoms with E-state index in [1.807, 2.05) is 24.3 Å². The molecular weight excluding hydrogens is 428 g/mol. The lowest BCUT2D eigenvalue weighted by Gasteiger charge is -2.11. The minimum Gasteiger partial charge on any atom is -0.493 e. The Labute approximate surface area is 183 Å². The molecule has 30 heavy (non-hydrogen) atoms. The highest BCUT2D eigenvalue weighted by Crippen LogP contribution is 2.39. The third kappa shape index (κ3) is 4.08. The monoisotopic (exact) mass is 448 g/mol. The molecule has 0 saturated heterocycles. The van der Waals surface area contributed by atoms with Crippen LogP contribution in [-0.2, 0) is 5.75 Å². The molecule has 4 rings (SSSR count). The van der Waals surface area contributed by atoms with Crippen molar-refractivity contribution < 1.29 is 18.9 Å². The Morgan fingerprint density at radius 2 is 1.90 bits per heavy atom. The Morgan fingerprint density at radius 1 is 1.10 bits per heavy atom. The van der Waals surface area contributed by atoms with Gasteiger partial charge in [0.25, 0.3) is 0 Å². The maximum Gasteiger partial charge on any atom is 0.210 e. The molecule has 0 spiro atoms. The number of fused-ring (bicyclic) bond motifs is 1. The molecule has 8 nitrogen and oxygen atoms in total. The molecule has 0 amide bonds. The fourth-order valence-corrected chi connectivity index (χ4v) is 4.14. The summed E-state index contributed by atoms with van der Waals surface area (Å²) in [6.07, 6.45) is 0.824. The number of hydrogen-bond donors (Lipinski definition) is 1. The number of methoxy groups -OCH3 is 2. The molecule has 0 atom stereocenters. The Balaban J connectivity index is 1.53. The van der Waals surface area contributed by atoms with E-state index >= 15 is 0 Å². The third-order valence-electron chi connectivity index (χ3n) is 4.54. The van der Waals surface area contributed by atoms with E-state index in [2.05, 4.69) is 10.2 Å². The average molecular weight is 449 g/mol. The zero-order valence-corrected chi connectivity index (χ0v) is 18.1. The second-order valence-electron chi connectivity index (χ2n) is 6.49. The third-order valence-corrected chi connectivity index (χ3v) is 5.83. The summed E-state index contributed by atoms with van der Waals surface area (Å²) < 4.78 is 23.5. The summed E-state index contributed by atoms with van der Waals surface area (Å²) in [5.74, 6) is 9.85. The van der Waals surface area contributed by atoms with Gasteiger partial charge in [-0.15, -0.1) is 10.2 Å². The van der Waals surface area contributed by atoms with Crippen molar-refractivity contribution in [1.82, 2.24) is 14.9 Å². The van der Waals surface area contributed by atoms with Gasteiger partial charge in [-0.1, -0.05) is 23.4 Å². The van der Waals surface area contributed by atoms with Crippen LogP contribution < -0.4 is 24.8 Å². The summed E-state index contributed by atoms with van der Waals surface area (Å²) in [4.78, 5) is 0. The van der Waals surface area contributed by atoms with Crippen molar-refractivity contribution in [2.45, 2.75) is 17.3 Å². The molecule has 0 fully saturated rings. The summed E-state index contributed by atoms with van der Waals surface area (Å²) in [5, 5.41) is 9.55. The number of aromatic nitrogens is 3. The van der Waals surface area contributed by atoms with Gasteiger partial charge in [-0.05, 0) is 35.9 Å². The van der Waals surface area contributed by atoms with Crippen LogP contribution in [-0.4, -0.2) is 42.3 Å². The van der Waals surface area contributed by atoms with Crippen molar-refractivity contribution in [1.29, 1.82) is 0 Å². The van der Waals surface area contributed by atoms with Crippen molar-refractivity contribution in [3.8, 4) is 34.4 Å². The van der Waals surface area contributed by atoms with Crippen LogP contribution in [0.2, 0.25) is 5.02 Å². The Bertz CT molecular complexity index is 1060. The number of ether oxygens (including phenoxy) is 4. The lowest BCUT2D eigenvalue weighted by Crippen LogP contribution is -2.11. The minimum absolute atomic E-state index is 0.523. The molecule has 10 heteroatoms. The zero-order chi connectivity index (χ0) is 21.1. The van der Waals surface area contributed by atoms with E-state index in [9.17, 15) is 0 Å². The van der Waals surface area contributed by atoms with Gasteiger partial charge < -0.3 is 24.8 Å². The van der Waals surface area contributed by atoms with Crippen molar-refractivity contribution in [2.75, 3.05) is 33.3 Å². The molecule has 1 aliphatic rings. The van der Waals surface area contributed by atoms with Gasteiger partial charge in [0.15, 0.2) is 28.8 Å². The predicted octanol–water partition coefficient (Wildman–Crippen LogP) is 3.78. The highest BCUT2D eigenvalue weighted by molar-refractivity contribution is 7.98. The van der Waals surface area contributed by atoms with Gasteiger partial charge in [-0.2, -0.15) is 0 Å². The van der Waals surface area contributed by atoms with E-state index in [4.69, 9.17) is 36.4 Å². The van der Waals surface area contributed by atoms with Gasteiger partial charge in [0, 0.05) is 17.7 Å². The number of rotatable bonds is 6. The number of thioether (sulfide) groups is 1. The lowest BCUT2D eigenvalue weighted by molar-refractivity contribution is 0.297. The van der Waals surface area contributed by atoms with Gasteiger partial charge >= 0.3 is 0 Å². The molecule has 0 aliphatic carbocycles. The van der Waals surface area contributed by atoms with Crippen LogP contribution in [0.5, 0.6) is 23.0 Å². The first-order chi connectivity index (χ1) is 14.6. The fourth-order valence-electron chi connectivity index (χ4n) is 3.06. The van der Waals surface area contributed by atoms with Crippen LogP contribution in [0.1, 0.15) is 12.0 Å². The standard InChI is InChI=1S/C20H21ClN4O4S/c1-26-15-5-4-13(10-16(15)27-2)19-23-24-20(25(19)22)30-11-12-8-14(21)18-17(9-12)28-6-3-7-29-18/h4-5,8-10H,3,6-7,11,22H2,1-2H3. The summed E-state index contributed by atoms with van der Waals surface area (Å²) in [5.41, 5.74) is 1.75. The molecule has 1 aliphatic heterocycles. The number of halogens is 1. The van der Waals surface area contributed by atoms with Gasteiger partial charge in [0.2, 0.25) is 5.16 Å². The first-order valence-corrected chi connectivity index (χ1v) is 10.6. The lowest BCUT2D eigenvalue weighted by atomic mass is 10.2. The quantitative estimate of drug-likeness (QED) is 0.449. The highest BCUT2D eigenvalue weighted by Gasteiger charge is 2.18. The predicted molar refractivity (Wildman–Crippen MR) is 115 cm³/mol. The summed E-state index contributed by atoms with van der Waals surface area (Å²) in [6.45, 7) is 1.20. The number of hydrogen-bond acceptors (Lipinski definition) is 8. The van der Waals surface area contributed by atoms with Crippen LogP contribution in [0.3, 0.4) is 0 Å². The smallest absolute Gasteiger partial charge is 0.210 e. The summed E-state index contributed by atoms with van der Waals surface area (Å²) in [7, 11) is 3.17. The van der Waals surface area contributed by atoms with Crippen LogP contribution >= 0.6 is 23.4 Å². The van der Waals surface area contributed by atoms with Crippen LogP contribution in [0.25, 0.3) is 11.4 Å². The maximum absolute atomic E-state index is 6.38. The van der Waals surface area contributed by atoms with E-state index < -0.39 is 0 Å².